The minimum atomic E-state index is -0.141. The average Bonchev–Trinajstić information content (AvgIpc) is 2.89. The molecule has 5 rings (SSSR count). The maximum absolute atomic E-state index is 12.7. The van der Waals surface area contributed by atoms with Gasteiger partial charge in [-0.25, -0.2) is 9.78 Å². The highest BCUT2D eigenvalue weighted by Gasteiger charge is 2.26. The number of morpholine rings is 1. The van der Waals surface area contributed by atoms with Crippen LogP contribution in [0, 0.1) is 0 Å². The summed E-state index contributed by atoms with van der Waals surface area (Å²) in [6.45, 7) is 5.37. The normalized spacial score (nSPS) is 19.1. The fourth-order valence-corrected chi connectivity index (χ4v) is 4.47. The van der Waals surface area contributed by atoms with E-state index in [1.165, 1.54) is 11.1 Å². The third-order valence-electron chi connectivity index (χ3n) is 6.42. The summed E-state index contributed by atoms with van der Waals surface area (Å²) in [5.74, 6) is 0.574. The van der Waals surface area contributed by atoms with Crippen molar-refractivity contribution in [2.75, 3.05) is 51.4 Å². The number of urea groups is 1. The van der Waals surface area contributed by atoms with Gasteiger partial charge in [0.2, 0.25) is 5.91 Å². The van der Waals surface area contributed by atoms with Gasteiger partial charge in [0.25, 0.3) is 0 Å². The Labute approximate surface area is 199 Å². The van der Waals surface area contributed by atoms with Gasteiger partial charge in [0.15, 0.2) is 0 Å². The lowest BCUT2D eigenvalue weighted by Gasteiger charge is -2.35. The number of ether oxygens (including phenoxy) is 1. The summed E-state index contributed by atoms with van der Waals surface area (Å²) in [7, 11) is 0. The van der Waals surface area contributed by atoms with Crippen LogP contribution < -0.4 is 5.32 Å². The molecule has 0 saturated carbocycles. The monoisotopic (exact) mass is 459 g/mol. The van der Waals surface area contributed by atoms with Gasteiger partial charge in [-0.1, -0.05) is 36.4 Å². The predicted octanol–water partition coefficient (Wildman–Crippen LogP) is 3.05. The third kappa shape index (κ3) is 5.18. The number of rotatable bonds is 5. The molecule has 3 aliphatic heterocycles. The molecular formula is C26H29N5O3. The van der Waals surface area contributed by atoms with Crippen LogP contribution in [0.5, 0.6) is 0 Å². The van der Waals surface area contributed by atoms with E-state index in [4.69, 9.17) is 4.74 Å². The summed E-state index contributed by atoms with van der Waals surface area (Å²) in [5, 5.41) is 2.87. The number of fused-ring (bicyclic) bond motifs is 1. The molecule has 3 amide bonds. The second-order valence-electron chi connectivity index (χ2n) is 8.74. The first-order valence-corrected chi connectivity index (χ1v) is 11.7. The van der Waals surface area contributed by atoms with Crippen LogP contribution in [-0.4, -0.2) is 77.7 Å². The first-order chi connectivity index (χ1) is 16.7. The SMILES string of the molecule is O=C(/C=C/c1cnc2c(c1)CN(CN1CCOCC1)C(=O)N2)N1CC=C(c2ccccc2)CC1. The van der Waals surface area contributed by atoms with Crippen LogP contribution in [0.25, 0.3) is 11.6 Å². The summed E-state index contributed by atoms with van der Waals surface area (Å²) in [6.07, 6.45) is 8.08. The largest absolute Gasteiger partial charge is 0.379 e. The first-order valence-electron chi connectivity index (χ1n) is 11.7. The average molecular weight is 460 g/mol. The number of carbonyl (C=O) groups is 2. The first kappa shape index (κ1) is 22.3. The fraction of sp³-hybridized carbons (Fsp3) is 0.346. The number of hydrogen-bond donors (Lipinski definition) is 1. The molecule has 8 heteroatoms. The molecule has 34 heavy (non-hydrogen) atoms. The highest BCUT2D eigenvalue weighted by Crippen LogP contribution is 2.24. The Morgan fingerprint density at radius 1 is 1.15 bits per heavy atom. The smallest absolute Gasteiger partial charge is 0.324 e. The van der Waals surface area contributed by atoms with Gasteiger partial charge in [-0.15, -0.1) is 0 Å². The van der Waals surface area contributed by atoms with Crippen molar-refractivity contribution in [3.05, 3.63) is 71.4 Å². The van der Waals surface area contributed by atoms with Crippen molar-refractivity contribution in [3.63, 3.8) is 0 Å². The molecule has 4 heterocycles. The van der Waals surface area contributed by atoms with Crippen LogP contribution in [0.2, 0.25) is 0 Å². The Bertz CT molecular complexity index is 1110. The molecule has 0 atom stereocenters. The summed E-state index contributed by atoms with van der Waals surface area (Å²) in [6, 6.07) is 12.2. The van der Waals surface area contributed by atoms with Crippen molar-refractivity contribution < 1.29 is 14.3 Å². The second-order valence-corrected chi connectivity index (χ2v) is 8.74. The predicted molar refractivity (Wildman–Crippen MR) is 131 cm³/mol. The van der Waals surface area contributed by atoms with Gasteiger partial charge in [-0.2, -0.15) is 0 Å². The fourth-order valence-electron chi connectivity index (χ4n) is 4.47. The number of amides is 3. The molecule has 1 aromatic heterocycles. The van der Waals surface area contributed by atoms with E-state index in [1.54, 1.807) is 23.2 Å². The quantitative estimate of drug-likeness (QED) is 0.696. The van der Waals surface area contributed by atoms with Crippen molar-refractivity contribution in [1.29, 1.82) is 0 Å². The second kappa shape index (κ2) is 10.2. The van der Waals surface area contributed by atoms with Crippen LogP contribution in [0.15, 0.2) is 54.7 Å². The number of nitrogens with zero attached hydrogens (tertiary/aromatic N) is 4. The van der Waals surface area contributed by atoms with Crippen LogP contribution in [0.3, 0.4) is 0 Å². The maximum atomic E-state index is 12.7. The Morgan fingerprint density at radius 3 is 2.74 bits per heavy atom. The molecule has 0 spiro atoms. The lowest BCUT2D eigenvalue weighted by atomic mass is 9.99. The Hall–Kier alpha value is -3.49. The van der Waals surface area contributed by atoms with E-state index in [0.717, 1.165) is 30.6 Å². The molecule has 0 bridgehead atoms. The number of benzene rings is 1. The minimum Gasteiger partial charge on any atom is -0.379 e. The zero-order valence-electron chi connectivity index (χ0n) is 19.2. The highest BCUT2D eigenvalue weighted by molar-refractivity contribution is 5.93. The van der Waals surface area contributed by atoms with Crippen molar-refractivity contribution in [2.24, 2.45) is 0 Å². The van der Waals surface area contributed by atoms with Crippen LogP contribution in [0.4, 0.5) is 10.6 Å². The van der Waals surface area contributed by atoms with E-state index in [2.05, 4.69) is 33.4 Å². The Balaban J connectivity index is 1.20. The lowest BCUT2D eigenvalue weighted by Crippen LogP contribution is -2.48. The van der Waals surface area contributed by atoms with Gasteiger partial charge < -0.3 is 14.5 Å². The molecule has 1 fully saturated rings. The summed E-state index contributed by atoms with van der Waals surface area (Å²) >= 11 is 0. The van der Waals surface area contributed by atoms with Crippen molar-refractivity contribution >= 4 is 29.4 Å². The Kier molecular flexibility index (Phi) is 6.69. The van der Waals surface area contributed by atoms with Gasteiger partial charge in [0.1, 0.15) is 5.82 Å². The van der Waals surface area contributed by atoms with Crippen molar-refractivity contribution in [3.8, 4) is 0 Å². The van der Waals surface area contributed by atoms with E-state index in [0.29, 0.717) is 45.3 Å². The number of pyridine rings is 1. The van der Waals surface area contributed by atoms with Crippen molar-refractivity contribution in [1.82, 2.24) is 19.7 Å². The molecule has 1 aromatic carbocycles. The van der Waals surface area contributed by atoms with Gasteiger partial charge >= 0.3 is 6.03 Å². The van der Waals surface area contributed by atoms with Crippen molar-refractivity contribution in [2.45, 2.75) is 13.0 Å². The molecular weight excluding hydrogens is 430 g/mol. The summed E-state index contributed by atoms with van der Waals surface area (Å²) in [4.78, 5) is 35.4. The molecule has 0 radical (unpaired) electrons. The summed E-state index contributed by atoms with van der Waals surface area (Å²) < 4.78 is 5.39. The number of nitrogens with one attached hydrogen (secondary N) is 1. The molecule has 8 nitrogen and oxygen atoms in total. The molecule has 3 aliphatic rings. The topological polar surface area (TPSA) is 78.0 Å². The molecule has 176 valence electrons. The molecule has 0 aliphatic carbocycles. The molecule has 1 N–H and O–H groups in total. The summed E-state index contributed by atoms with van der Waals surface area (Å²) in [5.41, 5.74) is 4.29. The van der Waals surface area contributed by atoms with Crippen LogP contribution in [0.1, 0.15) is 23.1 Å². The number of anilines is 1. The van der Waals surface area contributed by atoms with E-state index in [-0.39, 0.29) is 11.9 Å². The van der Waals surface area contributed by atoms with Crippen LogP contribution >= 0.6 is 0 Å². The highest BCUT2D eigenvalue weighted by atomic mass is 16.5. The standard InChI is InChI=1S/C26H29N5O3/c32-24(30-10-8-22(9-11-30)21-4-2-1-3-5-21)7-6-20-16-23-18-31(19-29-12-14-34-15-13-29)26(33)28-25(23)27-17-20/h1-8,16-17H,9-15,18-19H2,(H,27,28,33)/b7-6+. The molecule has 2 aromatic rings. The van der Waals surface area contributed by atoms with Gasteiger partial charge in [-0.3, -0.25) is 15.0 Å². The van der Waals surface area contributed by atoms with Gasteiger partial charge in [0, 0.05) is 44.0 Å². The number of carbonyl (C=O) groups excluding carboxylic acids is 2. The maximum Gasteiger partial charge on any atom is 0.324 e. The van der Waals surface area contributed by atoms with Gasteiger partial charge in [0.05, 0.1) is 26.4 Å². The minimum absolute atomic E-state index is 0.0108. The number of aromatic nitrogens is 1. The lowest BCUT2D eigenvalue weighted by molar-refractivity contribution is -0.125. The third-order valence-corrected chi connectivity index (χ3v) is 6.42. The van der Waals surface area contributed by atoms with Gasteiger partial charge in [-0.05, 0) is 35.3 Å². The van der Waals surface area contributed by atoms with Crippen LogP contribution in [-0.2, 0) is 16.1 Å². The van der Waals surface area contributed by atoms with E-state index in [9.17, 15) is 9.59 Å². The zero-order chi connectivity index (χ0) is 23.3. The van der Waals surface area contributed by atoms with E-state index >= 15 is 0 Å². The number of hydrogen-bond acceptors (Lipinski definition) is 5. The molecule has 1 saturated heterocycles. The van der Waals surface area contributed by atoms with E-state index in [1.807, 2.05) is 29.2 Å². The Morgan fingerprint density at radius 2 is 1.97 bits per heavy atom. The zero-order valence-corrected chi connectivity index (χ0v) is 19.2. The van der Waals surface area contributed by atoms with E-state index < -0.39 is 0 Å². The molecule has 0 unspecified atom stereocenters.